The highest BCUT2D eigenvalue weighted by molar-refractivity contribution is 7.97. The summed E-state index contributed by atoms with van der Waals surface area (Å²) in [6.45, 7) is 0. The summed E-state index contributed by atoms with van der Waals surface area (Å²) in [5, 5.41) is 1.56. The molecule has 3 aromatic carbocycles. The van der Waals surface area contributed by atoms with E-state index in [-0.39, 0.29) is 6.16 Å². The van der Waals surface area contributed by atoms with Crippen LogP contribution in [0.2, 0.25) is 0 Å². The van der Waals surface area contributed by atoms with Gasteiger partial charge in [0.2, 0.25) is 0 Å². The Hall–Kier alpha value is -4.24. The van der Waals surface area contributed by atoms with Crippen molar-refractivity contribution in [2.45, 2.75) is 0 Å². The Morgan fingerprint density at radius 1 is 0.488 bits per heavy atom. The summed E-state index contributed by atoms with van der Waals surface area (Å²) in [6, 6.07) is 10.2. The average Bonchev–Trinajstić information content (AvgIpc) is 3.01. The van der Waals surface area contributed by atoms with Crippen LogP contribution in [0, 0.1) is 0 Å². The van der Waals surface area contributed by atoms with Gasteiger partial charge in [0.1, 0.15) is 24.5 Å². The van der Waals surface area contributed by atoms with E-state index < -0.39 is 13.2 Å². The van der Waals surface area contributed by atoms with Gasteiger partial charge < -0.3 is 48.4 Å². The van der Waals surface area contributed by atoms with Gasteiger partial charge >= 0.3 is 0 Å². The molecular formula is C29H37NO10P+. The normalized spacial score (nSPS) is 10.9. The lowest BCUT2D eigenvalue weighted by molar-refractivity contribution is -0.115. The molecule has 0 fully saturated rings. The Morgan fingerprint density at radius 2 is 0.707 bits per heavy atom. The minimum absolute atomic E-state index is 0.218. The zero-order valence-electron chi connectivity index (χ0n) is 24.8. The first-order valence-corrected chi connectivity index (χ1v) is 14.3. The molecule has 1 amide bonds. The van der Waals surface area contributed by atoms with Crippen LogP contribution in [0.5, 0.6) is 51.7 Å². The third-order valence-corrected chi connectivity index (χ3v) is 11.0. The average molecular weight is 591 g/mol. The minimum atomic E-state index is -3.42. The number of ether oxygens (including phenoxy) is 9. The van der Waals surface area contributed by atoms with Gasteiger partial charge in [-0.2, -0.15) is 0 Å². The number of benzene rings is 3. The molecule has 0 saturated heterocycles. The number of rotatable bonds is 14. The number of carbonyl (C=O) groups excluding carboxylic acids is 1. The molecule has 0 saturated carbocycles. The minimum Gasteiger partial charge on any atom is -0.496 e. The van der Waals surface area contributed by atoms with Gasteiger partial charge in [0.15, 0.2) is 56.6 Å². The maximum Gasteiger partial charge on any atom is 0.256 e. The number of hydrogen-bond donors (Lipinski definition) is 1. The molecule has 0 radical (unpaired) electrons. The second-order valence-electron chi connectivity index (χ2n) is 8.58. The molecule has 12 heteroatoms. The lowest BCUT2D eigenvalue weighted by atomic mass is 10.3. The predicted molar refractivity (Wildman–Crippen MR) is 158 cm³/mol. The lowest BCUT2D eigenvalue weighted by Gasteiger charge is -2.32. The molecule has 0 aliphatic carbocycles. The van der Waals surface area contributed by atoms with Gasteiger partial charge in [-0.15, -0.1) is 0 Å². The zero-order chi connectivity index (χ0) is 30.3. The molecule has 222 valence electrons. The van der Waals surface area contributed by atoms with Crippen LogP contribution in [0.3, 0.4) is 0 Å². The number of carbonyl (C=O) groups is 1. The molecule has 0 aromatic heterocycles. The van der Waals surface area contributed by atoms with Crippen LogP contribution in [0.25, 0.3) is 0 Å². The quantitative estimate of drug-likeness (QED) is 0.280. The van der Waals surface area contributed by atoms with E-state index in [1.807, 2.05) is 0 Å². The first-order chi connectivity index (χ1) is 19.7. The summed E-state index contributed by atoms with van der Waals surface area (Å²) in [5.41, 5.74) is 6.08. The van der Waals surface area contributed by atoms with E-state index in [1.165, 1.54) is 64.0 Å². The van der Waals surface area contributed by atoms with E-state index in [9.17, 15) is 4.79 Å². The van der Waals surface area contributed by atoms with E-state index >= 15 is 0 Å². The van der Waals surface area contributed by atoms with Crippen molar-refractivity contribution < 1.29 is 47.4 Å². The number of hydrogen-bond acceptors (Lipinski definition) is 10. The van der Waals surface area contributed by atoms with Gasteiger partial charge in [-0.25, -0.2) is 0 Å². The Labute approximate surface area is 240 Å². The highest BCUT2D eigenvalue weighted by Crippen LogP contribution is 2.66. The van der Waals surface area contributed by atoms with Crippen molar-refractivity contribution in [2.24, 2.45) is 5.73 Å². The Balaban J connectivity index is 2.82. The fourth-order valence-corrected chi connectivity index (χ4v) is 9.70. The molecule has 0 unspecified atom stereocenters. The van der Waals surface area contributed by atoms with Crippen LogP contribution in [0.15, 0.2) is 36.4 Å². The first-order valence-electron chi connectivity index (χ1n) is 12.3. The van der Waals surface area contributed by atoms with Crippen LogP contribution < -0.4 is 64.3 Å². The molecule has 0 bridgehead atoms. The smallest absolute Gasteiger partial charge is 0.256 e. The summed E-state index contributed by atoms with van der Waals surface area (Å²) in [7, 11) is 10.3. The Morgan fingerprint density at radius 3 is 0.854 bits per heavy atom. The SMILES string of the molecule is COc1cc(OC)c([P+](CC(N)=O)(c2c(OC)cc(OC)cc2OC)c2c(OC)cc(OC)cc2OC)c(OC)c1. The lowest BCUT2D eigenvalue weighted by Crippen LogP contribution is -2.41. The topological polar surface area (TPSA) is 126 Å². The van der Waals surface area contributed by atoms with E-state index in [0.717, 1.165) is 0 Å². The van der Waals surface area contributed by atoms with E-state index in [0.29, 0.717) is 67.7 Å². The highest BCUT2D eigenvalue weighted by atomic mass is 31.2. The summed E-state index contributed by atoms with van der Waals surface area (Å²) < 4.78 is 52.3. The molecule has 0 aliphatic heterocycles. The van der Waals surface area contributed by atoms with Gasteiger partial charge in [0, 0.05) is 36.4 Å². The molecule has 3 rings (SSSR count). The van der Waals surface area contributed by atoms with Crippen LogP contribution >= 0.6 is 7.26 Å². The summed E-state index contributed by atoms with van der Waals surface area (Å²) in [5.74, 6) is 3.03. The maximum atomic E-state index is 13.2. The molecule has 3 aromatic rings. The van der Waals surface area contributed by atoms with E-state index in [1.54, 1.807) is 36.4 Å². The summed E-state index contributed by atoms with van der Waals surface area (Å²) >= 11 is 0. The van der Waals surface area contributed by atoms with Crippen LogP contribution in [-0.4, -0.2) is 76.1 Å². The molecule has 11 nitrogen and oxygen atoms in total. The van der Waals surface area contributed by atoms with Gasteiger partial charge in [-0.1, -0.05) is 0 Å². The van der Waals surface area contributed by atoms with Gasteiger partial charge in [-0.3, -0.25) is 4.79 Å². The fraction of sp³-hybridized carbons (Fsp3) is 0.345. The van der Waals surface area contributed by atoms with Gasteiger partial charge in [0.25, 0.3) is 5.91 Å². The highest BCUT2D eigenvalue weighted by Gasteiger charge is 2.59. The second kappa shape index (κ2) is 13.4. The van der Waals surface area contributed by atoms with Crippen molar-refractivity contribution in [1.82, 2.24) is 0 Å². The number of amides is 1. The molecule has 0 heterocycles. The van der Waals surface area contributed by atoms with Crippen molar-refractivity contribution in [3.63, 3.8) is 0 Å². The molecular weight excluding hydrogens is 553 g/mol. The third kappa shape index (κ3) is 5.67. The number of methoxy groups -OCH3 is 9. The standard InChI is InChI=1S/C29H36NO10P/c1-32-17-10-20(35-4)27(21(11-17)36-5)41(16-26(30)31,28-22(37-6)12-18(33-2)13-23(28)38-7)29-24(39-8)14-19(34-3)15-25(29)40-9/h10-15H,16H2,1-9H3,(H-,30,31)/p+1. The maximum absolute atomic E-state index is 13.2. The molecule has 2 N–H and O–H groups in total. The number of nitrogens with two attached hydrogens (primary N) is 1. The third-order valence-electron chi connectivity index (χ3n) is 6.61. The van der Waals surface area contributed by atoms with Crippen molar-refractivity contribution in [2.75, 3.05) is 70.2 Å². The first kappa shape index (κ1) is 31.3. The predicted octanol–water partition coefficient (Wildman–Crippen LogP) is 2.54. The summed E-state index contributed by atoms with van der Waals surface area (Å²) in [4.78, 5) is 13.2. The molecule has 0 aliphatic rings. The monoisotopic (exact) mass is 590 g/mol. The Kier molecular flexibility index (Phi) is 10.2. The Bertz CT molecular complexity index is 1170. The van der Waals surface area contributed by atoms with Gasteiger partial charge in [-0.05, 0) is 0 Å². The van der Waals surface area contributed by atoms with Crippen LogP contribution in [0.1, 0.15) is 0 Å². The largest absolute Gasteiger partial charge is 0.496 e. The second-order valence-corrected chi connectivity index (χ2v) is 11.9. The van der Waals surface area contributed by atoms with Crippen LogP contribution in [-0.2, 0) is 4.79 Å². The molecule has 0 atom stereocenters. The van der Waals surface area contributed by atoms with E-state index in [2.05, 4.69) is 0 Å². The number of primary amides is 1. The zero-order valence-corrected chi connectivity index (χ0v) is 25.7. The van der Waals surface area contributed by atoms with Crippen molar-refractivity contribution in [1.29, 1.82) is 0 Å². The molecule has 0 spiro atoms. The van der Waals surface area contributed by atoms with Gasteiger partial charge in [0.05, 0.1) is 64.0 Å². The fourth-order valence-electron chi connectivity index (χ4n) is 4.90. The molecule has 41 heavy (non-hydrogen) atoms. The van der Waals surface area contributed by atoms with Crippen LogP contribution in [0.4, 0.5) is 0 Å². The summed E-state index contributed by atoms with van der Waals surface area (Å²) in [6.07, 6.45) is -0.218. The van der Waals surface area contributed by atoms with E-state index in [4.69, 9.17) is 48.4 Å². The van der Waals surface area contributed by atoms with Crippen molar-refractivity contribution >= 4 is 29.1 Å². The van der Waals surface area contributed by atoms with Crippen molar-refractivity contribution in [3.8, 4) is 51.7 Å². The van der Waals surface area contributed by atoms with Crippen molar-refractivity contribution in [3.05, 3.63) is 36.4 Å².